The van der Waals surface area contributed by atoms with Gasteiger partial charge in [0, 0.05) is 42.7 Å². The predicted octanol–water partition coefficient (Wildman–Crippen LogP) is 2.76. The van der Waals surface area contributed by atoms with Crippen molar-refractivity contribution in [1.29, 1.82) is 0 Å². The number of rotatable bonds is 6. The fourth-order valence-corrected chi connectivity index (χ4v) is 4.77. The van der Waals surface area contributed by atoms with Gasteiger partial charge in [-0.05, 0) is 61.1 Å². The molecule has 1 saturated carbocycles. The van der Waals surface area contributed by atoms with Gasteiger partial charge in [0.2, 0.25) is 0 Å². The molecule has 0 aromatic heterocycles. The van der Waals surface area contributed by atoms with Crippen LogP contribution in [0.2, 0.25) is 0 Å². The first kappa shape index (κ1) is 21.0. The average Bonchev–Trinajstić information content (AvgIpc) is 3.28. The maximum Gasteiger partial charge on any atom is 0.254 e. The smallest absolute Gasteiger partial charge is 0.254 e. The van der Waals surface area contributed by atoms with Crippen LogP contribution in [0, 0.1) is 0 Å². The van der Waals surface area contributed by atoms with Crippen LogP contribution in [0.5, 0.6) is 5.75 Å². The molecule has 7 heteroatoms. The van der Waals surface area contributed by atoms with E-state index in [0.29, 0.717) is 29.6 Å². The standard InChI is InChI=1S/C25H30N4O3/c1-32-23-13-18(7-10-21(23)19-14-26-27-15-19)25(31)29-11-3-6-22(29)16-4-2-5-17(12-16)24(30)28-20-8-9-20/h2,4-5,7,10,12-13,19-20,22,26-27H,3,6,8-9,11,14-15H2,1H3,(H,28,30)/t22-/m1/s1. The zero-order valence-electron chi connectivity index (χ0n) is 18.4. The van der Waals surface area contributed by atoms with Gasteiger partial charge in [0.1, 0.15) is 5.75 Å². The molecule has 5 rings (SSSR count). The maximum atomic E-state index is 13.5. The van der Waals surface area contributed by atoms with Crippen molar-refractivity contribution in [1.82, 2.24) is 21.1 Å². The molecule has 3 fully saturated rings. The zero-order chi connectivity index (χ0) is 22.1. The van der Waals surface area contributed by atoms with Gasteiger partial charge in [-0.15, -0.1) is 0 Å². The normalized spacial score (nSPS) is 21.0. The topological polar surface area (TPSA) is 82.7 Å². The van der Waals surface area contributed by atoms with Gasteiger partial charge in [-0.3, -0.25) is 20.4 Å². The lowest BCUT2D eigenvalue weighted by Crippen LogP contribution is -2.31. The maximum absolute atomic E-state index is 13.5. The number of nitrogens with zero attached hydrogens (tertiary/aromatic N) is 1. The second kappa shape index (κ2) is 8.92. The van der Waals surface area contributed by atoms with Crippen molar-refractivity contribution in [3.63, 3.8) is 0 Å². The molecule has 2 amide bonds. The van der Waals surface area contributed by atoms with Crippen molar-refractivity contribution < 1.29 is 14.3 Å². The number of nitrogens with one attached hydrogen (secondary N) is 3. The van der Waals surface area contributed by atoms with Crippen LogP contribution in [0.1, 0.15) is 69.5 Å². The zero-order valence-corrected chi connectivity index (χ0v) is 18.4. The Bertz CT molecular complexity index is 1010. The van der Waals surface area contributed by atoms with Crippen molar-refractivity contribution >= 4 is 11.8 Å². The highest BCUT2D eigenvalue weighted by Crippen LogP contribution is 2.35. The van der Waals surface area contributed by atoms with E-state index in [1.165, 1.54) is 0 Å². The molecule has 2 heterocycles. The minimum absolute atomic E-state index is 0.00727. The van der Waals surface area contributed by atoms with Crippen LogP contribution in [-0.2, 0) is 0 Å². The Morgan fingerprint density at radius 2 is 1.84 bits per heavy atom. The van der Waals surface area contributed by atoms with Crippen LogP contribution < -0.4 is 20.9 Å². The SMILES string of the molecule is COc1cc(C(=O)N2CCC[C@@H]2c2cccc(C(=O)NC3CC3)c2)ccc1C1CNNC1. The first-order valence-electron chi connectivity index (χ1n) is 11.5. The van der Waals surface area contributed by atoms with Crippen LogP contribution in [0.4, 0.5) is 0 Å². The van der Waals surface area contributed by atoms with Gasteiger partial charge in [0.15, 0.2) is 0 Å². The summed E-state index contributed by atoms with van der Waals surface area (Å²) in [4.78, 5) is 27.9. The Balaban J connectivity index is 1.36. The van der Waals surface area contributed by atoms with Crippen LogP contribution in [0.3, 0.4) is 0 Å². The van der Waals surface area contributed by atoms with E-state index in [-0.39, 0.29) is 17.9 Å². The molecule has 32 heavy (non-hydrogen) atoms. The molecule has 7 nitrogen and oxygen atoms in total. The molecule has 2 aliphatic heterocycles. The molecule has 2 aromatic rings. The van der Waals surface area contributed by atoms with Gasteiger partial charge >= 0.3 is 0 Å². The van der Waals surface area contributed by atoms with E-state index in [9.17, 15) is 9.59 Å². The van der Waals surface area contributed by atoms with E-state index < -0.39 is 0 Å². The van der Waals surface area contributed by atoms with Gasteiger partial charge in [-0.25, -0.2) is 0 Å². The number of methoxy groups -OCH3 is 1. The summed E-state index contributed by atoms with van der Waals surface area (Å²) < 4.78 is 5.63. The highest BCUT2D eigenvalue weighted by atomic mass is 16.5. The fourth-order valence-electron chi connectivity index (χ4n) is 4.77. The summed E-state index contributed by atoms with van der Waals surface area (Å²) in [6, 6.07) is 13.8. The molecule has 0 spiro atoms. The highest BCUT2D eigenvalue weighted by molar-refractivity contribution is 5.96. The minimum atomic E-state index is -0.0264. The number of benzene rings is 2. The lowest BCUT2D eigenvalue weighted by atomic mass is 9.97. The summed E-state index contributed by atoms with van der Waals surface area (Å²) in [5.74, 6) is 1.05. The molecule has 1 atom stereocenters. The lowest BCUT2D eigenvalue weighted by Gasteiger charge is -2.26. The van der Waals surface area contributed by atoms with Crippen molar-refractivity contribution in [2.75, 3.05) is 26.7 Å². The third-order valence-corrected chi connectivity index (χ3v) is 6.70. The largest absolute Gasteiger partial charge is 0.496 e. The van der Waals surface area contributed by atoms with Gasteiger partial charge in [0.05, 0.1) is 13.2 Å². The summed E-state index contributed by atoms with van der Waals surface area (Å²) >= 11 is 0. The van der Waals surface area contributed by atoms with Gasteiger partial charge < -0.3 is 15.0 Å². The quantitative estimate of drug-likeness (QED) is 0.651. The van der Waals surface area contributed by atoms with Crippen molar-refractivity contribution in [3.8, 4) is 5.75 Å². The summed E-state index contributed by atoms with van der Waals surface area (Å²) in [6.45, 7) is 2.38. The number of amides is 2. The van der Waals surface area contributed by atoms with E-state index in [0.717, 1.165) is 55.6 Å². The van der Waals surface area contributed by atoms with Crippen LogP contribution in [0.15, 0.2) is 42.5 Å². The Morgan fingerprint density at radius 1 is 1.03 bits per heavy atom. The monoisotopic (exact) mass is 434 g/mol. The number of likely N-dealkylation sites (tertiary alicyclic amines) is 1. The first-order valence-corrected chi connectivity index (χ1v) is 11.5. The Hall–Kier alpha value is -2.90. The fraction of sp³-hybridized carbons (Fsp3) is 0.440. The first-order chi connectivity index (χ1) is 15.6. The van der Waals surface area contributed by atoms with Crippen LogP contribution in [0.25, 0.3) is 0 Å². The number of carbonyl (C=O) groups is 2. The Kier molecular flexibility index (Phi) is 5.85. The molecule has 168 valence electrons. The summed E-state index contributed by atoms with van der Waals surface area (Å²) in [5, 5.41) is 3.05. The molecule has 1 aliphatic carbocycles. The van der Waals surface area contributed by atoms with E-state index in [1.807, 2.05) is 47.4 Å². The number of ether oxygens (including phenoxy) is 1. The predicted molar refractivity (Wildman–Crippen MR) is 122 cm³/mol. The van der Waals surface area contributed by atoms with E-state index >= 15 is 0 Å². The second-order valence-corrected chi connectivity index (χ2v) is 8.95. The van der Waals surface area contributed by atoms with Gasteiger partial charge in [-0.2, -0.15) is 0 Å². The number of hydrogen-bond acceptors (Lipinski definition) is 5. The summed E-state index contributed by atoms with van der Waals surface area (Å²) in [5.41, 5.74) is 9.72. The molecule has 2 saturated heterocycles. The van der Waals surface area contributed by atoms with Gasteiger partial charge in [-0.1, -0.05) is 18.2 Å². The van der Waals surface area contributed by atoms with E-state index in [2.05, 4.69) is 16.2 Å². The average molecular weight is 435 g/mol. The molecular weight excluding hydrogens is 404 g/mol. The molecule has 0 radical (unpaired) electrons. The summed E-state index contributed by atoms with van der Waals surface area (Å²) in [7, 11) is 1.65. The van der Waals surface area contributed by atoms with E-state index in [4.69, 9.17) is 4.74 Å². The van der Waals surface area contributed by atoms with Crippen molar-refractivity contribution in [2.45, 2.75) is 43.7 Å². The van der Waals surface area contributed by atoms with Crippen LogP contribution in [-0.4, -0.2) is 49.5 Å². The molecular formula is C25H30N4O3. The Labute approximate surface area is 188 Å². The van der Waals surface area contributed by atoms with E-state index in [1.54, 1.807) is 7.11 Å². The highest BCUT2D eigenvalue weighted by Gasteiger charge is 2.32. The third kappa shape index (κ3) is 4.23. The Morgan fingerprint density at radius 3 is 2.59 bits per heavy atom. The van der Waals surface area contributed by atoms with Gasteiger partial charge in [0.25, 0.3) is 11.8 Å². The third-order valence-electron chi connectivity index (χ3n) is 6.70. The van der Waals surface area contributed by atoms with Crippen LogP contribution >= 0.6 is 0 Å². The molecule has 2 aromatic carbocycles. The minimum Gasteiger partial charge on any atom is -0.496 e. The van der Waals surface area contributed by atoms with Crippen molar-refractivity contribution in [2.24, 2.45) is 0 Å². The second-order valence-electron chi connectivity index (χ2n) is 8.95. The lowest BCUT2D eigenvalue weighted by molar-refractivity contribution is 0.0735. The molecule has 0 unspecified atom stereocenters. The molecule has 3 aliphatic rings. The number of hydrogen-bond donors (Lipinski definition) is 3. The summed E-state index contributed by atoms with van der Waals surface area (Å²) in [6.07, 6.45) is 3.97. The number of hydrazine groups is 1. The molecule has 0 bridgehead atoms. The molecule has 3 N–H and O–H groups in total. The van der Waals surface area contributed by atoms with Crippen molar-refractivity contribution in [3.05, 3.63) is 64.7 Å². The number of carbonyl (C=O) groups excluding carboxylic acids is 2.